The molecule has 5 nitrogen and oxygen atoms in total. The van der Waals surface area contributed by atoms with Crippen LogP contribution in [0.25, 0.3) is 22.4 Å². The molecular formula is C28H26ClF2N3O2. The van der Waals surface area contributed by atoms with E-state index >= 15 is 0 Å². The lowest BCUT2D eigenvalue weighted by atomic mass is 9.86. The molecule has 0 amide bonds. The third-order valence-corrected chi connectivity index (χ3v) is 7.37. The summed E-state index contributed by atoms with van der Waals surface area (Å²) in [5, 5.41) is 9.95. The molecule has 1 saturated carbocycles. The number of aromatic carboxylic acids is 1. The molecule has 0 saturated heterocycles. The Morgan fingerprint density at radius 1 is 1.03 bits per heavy atom. The van der Waals surface area contributed by atoms with E-state index in [1.165, 1.54) is 6.07 Å². The second-order valence-electron chi connectivity index (χ2n) is 9.17. The van der Waals surface area contributed by atoms with Crippen molar-refractivity contribution in [2.24, 2.45) is 0 Å². The molecule has 186 valence electrons. The number of hydrogen-bond acceptors (Lipinski definition) is 3. The van der Waals surface area contributed by atoms with Gasteiger partial charge in [-0.05, 0) is 81.1 Å². The number of rotatable bonds is 6. The highest BCUT2D eigenvalue weighted by molar-refractivity contribution is 6.30. The highest BCUT2D eigenvalue weighted by Gasteiger charge is 2.42. The van der Waals surface area contributed by atoms with Gasteiger partial charge >= 0.3 is 5.97 Å². The van der Waals surface area contributed by atoms with Gasteiger partial charge in [-0.1, -0.05) is 18.0 Å². The first-order valence-electron chi connectivity index (χ1n) is 12.1. The molecule has 4 aromatic rings. The maximum Gasteiger partial charge on any atom is 0.335 e. The lowest BCUT2D eigenvalue weighted by molar-refractivity contribution is 0.0697. The van der Waals surface area contributed by atoms with E-state index < -0.39 is 23.3 Å². The number of carbonyl (C=O) groups is 1. The first-order valence-corrected chi connectivity index (χ1v) is 12.5. The summed E-state index contributed by atoms with van der Waals surface area (Å²) >= 11 is 6.15. The van der Waals surface area contributed by atoms with Crippen LogP contribution in [0.15, 0.2) is 60.7 Å². The Balaban J connectivity index is 1.79. The molecule has 0 spiro atoms. The van der Waals surface area contributed by atoms with Crippen LogP contribution < -0.4 is 4.90 Å². The van der Waals surface area contributed by atoms with Crippen LogP contribution in [0, 0.1) is 11.6 Å². The van der Waals surface area contributed by atoms with Crippen LogP contribution in [0.4, 0.5) is 14.5 Å². The van der Waals surface area contributed by atoms with Crippen molar-refractivity contribution in [1.29, 1.82) is 0 Å². The molecule has 36 heavy (non-hydrogen) atoms. The van der Waals surface area contributed by atoms with Crippen LogP contribution in [0.5, 0.6) is 0 Å². The first-order chi connectivity index (χ1) is 17.3. The topological polar surface area (TPSA) is 58.4 Å². The number of carboxylic acids is 1. The van der Waals surface area contributed by atoms with Gasteiger partial charge in [0.25, 0.3) is 0 Å². The molecule has 1 fully saturated rings. The number of benzene rings is 3. The van der Waals surface area contributed by atoms with Gasteiger partial charge < -0.3 is 10.0 Å². The monoisotopic (exact) mass is 509 g/mol. The van der Waals surface area contributed by atoms with Gasteiger partial charge in [0.05, 0.1) is 16.6 Å². The zero-order chi connectivity index (χ0) is 25.4. The maximum absolute atomic E-state index is 14.6. The number of anilines is 1. The molecule has 1 N–H and O–H groups in total. The largest absolute Gasteiger partial charge is 0.478 e. The van der Waals surface area contributed by atoms with E-state index in [0.29, 0.717) is 28.4 Å². The van der Waals surface area contributed by atoms with Crippen LogP contribution >= 0.6 is 11.6 Å². The van der Waals surface area contributed by atoms with Crippen molar-refractivity contribution in [2.75, 3.05) is 11.4 Å². The van der Waals surface area contributed by atoms with Gasteiger partial charge in [-0.2, -0.15) is 0 Å². The average Bonchev–Trinajstić information content (AvgIpc) is 3.24. The van der Waals surface area contributed by atoms with Crippen molar-refractivity contribution in [3.8, 4) is 11.4 Å². The van der Waals surface area contributed by atoms with Gasteiger partial charge in [-0.15, -0.1) is 0 Å². The molecule has 5 rings (SSSR count). The second kappa shape index (κ2) is 9.54. The van der Waals surface area contributed by atoms with E-state index in [9.17, 15) is 18.7 Å². The van der Waals surface area contributed by atoms with Gasteiger partial charge in [-0.25, -0.2) is 18.6 Å². The summed E-state index contributed by atoms with van der Waals surface area (Å²) in [7, 11) is 0. The van der Waals surface area contributed by atoms with Gasteiger partial charge in [0.2, 0.25) is 0 Å². The number of halogens is 3. The van der Waals surface area contributed by atoms with Crippen molar-refractivity contribution < 1.29 is 18.7 Å². The summed E-state index contributed by atoms with van der Waals surface area (Å²) in [5.74, 6) is -2.25. The fourth-order valence-corrected chi connectivity index (χ4v) is 5.65. The van der Waals surface area contributed by atoms with Crippen LogP contribution in [0.2, 0.25) is 5.02 Å². The van der Waals surface area contributed by atoms with Crippen LogP contribution in [-0.2, 0) is 5.66 Å². The van der Waals surface area contributed by atoms with Crippen molar-refractivity contribution in [3.05, 3.63) is 82.9 Å². The molecule has 1 aliphatic carbocycles. The Hall–Kier alpha value is -3.45. The predicted octanol–water partition coefficient (Wildman–Crippen LogP) is 7.48. The van der Waals surface area contributed by atoms with E-state index in [1.807, 2.05) is 31.2 Å². The Morgan fingerprint density at radius 3 is 2.28 bits per heavy atom. The Kier molecular flexibility index (Phi) is 6.43. The fraction of sp³-hybridized carbons (Fsp3) is 0.286. The quantitative estimate of drug-likeness (QED) is 0.293. The molecule has 0 unspecified atom stereocenters. The third-order valence-electron chi connectivity index (χ3n) is 7.11. The van der Waals surface area contributed by atoms with Crippen LogP contribution in [0.1, 0.15) is 49.4 Å². The minimum atomic E-state index is -0.986. The Morgan fingerprint density at radius 2 is 1.67 bits per heavy atom. The van der Waals surface area contributed by atoms with Crippen molar-refractivity contribution in [3.63, 3.8) is 0 Å². The summed E-state index contributed by atoms with van der Waals surface area (Å²) in [5.41, 5.74) is 2.13. The minimum absolute atomic E-state index is 0.208. The summed E-state index contributed by atoms with van der Waals surface area (Å²) in [6.07, 6.45) is 4.52. The standard InChI is InChI=1S/C28H26ClF2N3O2/c1-2-33(21-12-8-19(9-13-21)27(35)36)28(14-4-3-5-15-28)34-25-17-23(31)22(30)16-24(25)32-26(34)18-6-10-20(29)11-7-18/h6-13,16-17H,2-5,14-15H2,1H3,(H,35,36). The zero-order valence-electron chi connectivity index (χ0n) is 19.8. The molecular weight excluding hydrogens is 484 g/mol. The summed E-state index contributed by atoms with van der Waals surface area (Å²) in [4.78, 5) is 18.5. The van der Waals surface area contributed by atoms with E-state index in [0.717, 1.165) is 49.4 Å². The normalized spacial score (nSPS) is 15.2. The average molecular weight is 510 g/mol. The SMILES string of the molecule is CCN(c1ccc(C(=O)O)cc1)C1(n2c(-c3ccc(Cl)cc3)nc3cc(F)c(F)cc32)CCCCC1. The lowest BCUT2D eigenvalue weighted by Crippen LogP contribution is -2.52. The van der Waals surface area contributed by atoms with Crippen molar-refractivity contribution >= 4 is 34.3 Å². The van der Waals surface area contributed by atoms with Crippen molar-refractivity contribution in [2.45, 2.75) is 44.7 Å². The lowest BCUT2D eigenvalue weighted by Gasteiger charge is -2.49. The van der Waals surface area contributed by atoms with Crippen LogP contribution in [-0.4, -0.2) is 27.2 Å². The first kappa shape index (κ1) is 24.3. The molecule has 0 bridgehead atoms. The molecule has 1 aliphatic rings. The summed E-state index contributed by atoms with van der Waals surface area (Å²) in [6, 6.07) is 16.5. The number of imidazole rings is 1. The second-order valence-corrected chi connectivity index (χ2v) is 9.61. The molecule has 1 heterocycles. The number of nitrogens with zero attached hydrogens (tertiary/aromatic N) is 3. The number of aromatic nitrogens is 2. The fourth-order valence-electron chi connectivity index (χ4n) is 5.52. The van der Waals surface area contributed by atoms with E-state index in [-0.39, 0.29) is 5.56 Å². The van der Waals surface area contributed by atoms with E-state index in [2.05, 4.69) is 9.47 Å². The van der Waals surface area contributed by atoms with Gasteiger partial charge in [0.15, 0.2) is 11.6 Å². The van der Waals surface area contributed by atoms with E-state index in [1.54, 1.807) is 24.3 Å². The smallest absolute Gasteiger partial charge is 0.335 e. The van der Waals surface area contributed by atoms with Crippen molar-refractivity contribution in [1.82, 2.24) is 9.55 Å². The third kappa shape index (κ3) is 4.11. The molecule has 0 radical (unpaired) electrons. The Labute approximate surface area is 212 Å². The van der Waals surface area contributed by atoms with Gasteiger partial charge in [0.1, 0.15) is 11.5 Å². The number of fused-ring (bicyclic) bond motifs is 1. The maximum atomic E-state index is 14.6. The highest BCUT2D eigenvalue weighted by Crippen LogP contribution is 2.45. The number of hydrogen-bond donors (Lipinski definition) is 1. The zero-order valence-corrected chi connectivity index (χ0v) is 20.6. The van der Waals surface area contributed by atoms with Crippen LogP contribution in [0.3, 0.4) is 0 Å². The van der Waals surface area contributed by atoms with E-state index in [4.69, 9.17) is 16.6 Å². The molecule has 3 aromatic carbocycles. The number of carboxylic acid groups (broad SMARTS) is 1. The summed E-state index contributed by atoms with van der Waals surface area (Å²) < 4.78 is 30.9. The predicted molar refractivity (Wildman–Crippen MR) is 138 cm³/mol. The molecule has 8 heteroatoms. The highest BCUT2D eigenvalue weighted by atomic mass is 35.5. The minimum Gasteiger partial charge on any atom is -0.478 e. The molecule has 1 aromatic heterocycles. The molecule has 0 atom stereocenters. The summed E-state index contributed by atoms with van der Waals surface area (Å²) in [6.45, 7) is 2.67. The van der Waals surface area contributed by atoms with Gasteiger partial charge in [-0.3, -0.25) is 4.57 Å². The molecule has 0 aliphatic heterocycles. The Bertz CT molecular complexity index is 1410. The van der Waals surface area contributed by atoms with Gasteiger partial charge in [0, 0.05) is 35.0 Å².